The van der Waals surface area contributed by atoms with E-state index in [1.807, 2.05) is 12.5 Å². The lowest BCUT2D eigenvalue weighted by molar-refractivity contribution is 0.0439. The SMILES string of the molecule is CSc1cncc(C2(O)CCCC2)c1. The monoisotopic (exact) mass is 209 g/mol. The highest BCUT2D eigenvalue weighted by Gasteiger charge is 2.33. The summed E-state index contributed by atoms with van der Waals surface area (Å²) in [6.45, 7) is 0. The fourth-order valence-electron chi connectivity index (χ4n) is 2.03. The van der Waals surface area contributed by atoms with Crippen LogP contribution < -0.4 is 0 Å². The zero-order valence-corrected chi connectivity index (χ0v) is 9.18. The van der Waals surface area contributed by atoms with Crippen LogP contribution >= 0.6 is 11.8 Å². The third kappa shape index (κ3) is 1.79. The molecule has 0 spiro atoms. The zero-order chi connectivity index (χ0) is 10.0. The first kappa shape index (κ1) is 9.99. The van der Waals surface area contributed by atoms with E-state index >= 15 is 0 Å². The van der Waals surface area contributed by atoms with Gasteiger partial charge in [0, 0.05) is 22.9 Å². The molecule has 1 saturated carbocycles. The molecule has 0 bridgehead atoms. The number of aromatic nitrogens is 1. The van der Waals surface area contributed by atoms with Crippen molar-refractivity contribution in [1.82, 2.24) is 4.98 Å². The van der Waals surface area contributed by atoms with Gasteiger partial charge in [-0.15, -0.1) is 11.8 Å². The van der Waals surface area contributed by atoms with E-state index in [9.17, 15) is 5.11 Å². The molecule has 0 amide bonds. The molecule has 0 atom stereocenters. The van der Waals surface area contributed by atoms with Crippen molar-refractivity contribution in [2.75, 3.05) is 6.26 Å². The molecule has 0 unspecified atom stereocenters. The average Bonchev–Trinajstić information content (AvgIpc) is 2.67. The Kier molecular flexibility index (Phi) is 2.79. The van der Waals surface area contributed by atoms with E-state index in [0.717, 1.165) is 36.1 Å². The van der Waals surface area contributed by atoms with Gasteiger partial charge < -0.3 is 5.11 Å². The molecule has 1 aliphatic carbocycles. The molecule has 0 saturated heterocycles. The molecule has 3 heteroatoms. The number of nitrogens with zero attached hydrogens (tertiary/aromatic N) is 1. The van der Waals surface area contributed by atoms with Crippen molar-refractivity contribution in [1.29, 1.82) is 0 Å². The van der Waals surface area contributed by atoms with Crippen LogP contribution in [0.2, 0.25) is 0 Å². The van der Waals surface area contributed by atoms with Crippen molar-refractivity contribution in [3.8, 4) is 0 Å². The number of pyridine rings is 1. The van der Waals surface area contributed by atoms with Gasteiger partial charge >= 0.3 is 0 Å². The number of hydrogen-bond donors (Lipinski definition) is 1. The van der Waals surface area contributed by atoms with E-state index < -0.39 is 5.60 Å². The van der Waals surface area contributed by atoms with Gasteiger partial charge in [-0.1, -0.05) is 12.8 Å². The summed E-state index contributed by atoms with van der Waals surface area (Å²) in [6.07, 6.45) is 9.68. The Morgan fingerprint density at radius 1 is 1.36 bits per heavy atom. The highest BCUT2D eigenvalue weighted by Crippen LogP contribution is 2.38. The Hall–Kier alpha value is -0.540. The van der Waals surface area contributed by atoms with Gasteiger partial charge in [-0.05, 0) is 25.2 Å². The minimum atomic E-state index is -0.598. The standard InChI is InChI=1S/C11H15NOS/c1-14-10-6-9(7-12-8-10)11(13)4-2-3-5-11/h6-8,13H,2-5H2,1H3. The van der Waals surface area contributed by atoms with E-state index in [1.54, 1.807) is 18.0 Å². The molecule has 1 heterocycles. The molecule has 1 aromatic heterocycles. The van der Waals surface area contributed by atoms with Gasteiger partial charge in [0.2, 0.25) is 0 Å². The predicted octanol–water partition coefficient (Wildman–Crippen LogP) is 2.57. The quantitative estimate of drug-likeness (QED) is 0.760. The maximum absolute atomic E-state index is 10.3. The third-order valence-corrected chi connectivity index (χ3v) is 3.61. The minimum Gasteiger partial charge on any atom is -0.385 e. The lowest BCUT2D eigenvalue weighted by Gasteiger charge is -2.22. The topological polar surface area (TPSA) is 33.1 Å². The Balaban J connectivity index is 2.30. The van der Waals surface area contributed by atoms with Gasteiger partial charge in [-0.2, -0.15) is 0 Å². The second-order valence-electron chi connectivity index (χ2n) is 3.85. The van der Waals surface area contributed by atoms with E-state index in [1.165, 1.54) is 0 Å². The molecule has 1 N–H and O–H groups in total. The van der Waals surface area contributed by atoms with Crippen molar-refractivity contribution in [2.24, 2.45) is 0 Å². The first-order chi connectivity index (χ1) is 6.74. The molecule has 76 valence electrons. The number of rotatable bonds is 2. The lowest BCUT2D eigenvalue weighted by Crippen LogP contribution is -2.20. The van der Waals surface area contributed by atoms with Crippen LogP contribution in [0, 0.1) is 0 Å². The summed E-state index contributed by atoms with van der Waals surface area (Å²) in [6, 6.07) is 2.06. The Morgan fingerprint density at radius 3 is 2.71 bits per heavy atom. The first-order valence-corrected chi connectivity index (χ1v) is 6.19. The fourth-order valence-corrected chi connectivity index (χ4v) is 2.44. The van der Waals surface area contributed by atoms with Crippen LogP contribution in [0.3, 0.4) is 0 Å². The summed E-state index contributed by atoms with van der Waals surface area (Å²) in [7, 11) is 0. The van der Waals surface area contributed by atoms with Crippen molar-refractivity contribution in [3.63, 3.8) is 0 Å². The van der Waals surface area contributed by atoms with Crippen LogP contribution in [-0.4, -0.2) is 16.3 Å². The fraction of sp³-hybridized carbons (Fsp3) is 0.545. The van der Waals surface area contributed by atoms with Gasteiger partial charge in [0.05, 0.1) is 5.60 Å². The van der Waals surface area contributed by atoms with Crippen LogP contribution in [0.15, 0.2) is 23.4 Å². The van der Waals surface area contributed by atoms with Crippen molar-refractivity contribution in [2.45, 2.75) is 36.2 Å². The Labute approximate surface area is 88.8 Å². The molecule has 2 rings (SSSR count). The molecule has 14 heavy (non-hydrogen) atoms. The zero-order valence-electron chi connectivity index (χ0n) is 8.36. The Morgan fingerprint density at radius 2 is 2.07 bits per heavy atom. The molecule has 0 radical (unpaired) electrons. The number of aliphatic hydroxyl groups is 1. The van der Waals surface area contributed by atoms with Crippen molar-refractivity contribution >= 4 is 11.8 Å². The van der Waals surface area contributed by atoms with Crippen molar-refractivity contribution < 1.29 is 5.11 Å². The number of hydrogen-bond acceptors (Lipinski definition) is 3. The molecule has 1 aliphatic rings. The van der Waals surface area contributed by atoms with E-state index in [-0.39, 0.29) is 0 Å². The average molecular weight is 209 g/mol. The summed E-state index contributed by atoms with van der Waals surface area (Å²) in [5.41, 5.74) is 0.389. The maximum atomic E-state index is 10.3. The summed E-state index contributed by atoms with van der Waals surface area (Å²) >= 11 is 1.67. The molecule has 0 aromatic carbocycles. The Bertz CT molecular complexity index is 321. The normalized spacial score (nSPS) is 19.9. The van der Waals surface area contributed by atoms with Crippen LogP contribution in [0.4, 0.5) is 0 Å². The highest BCUT2D eigenvalue weighted by atomic mass is 32.2. The smallest absolute Gasteiger partial charge is 0.0911 e. The molecular formula is C11H15NOS. The number of thioether (sulfide) groups is 1. The van der Waals surface area contributed by atoms with Crippen molar-refractivity contribution in [3.05, 3.63) is 24.0 Å². The molecule has 1 aromatic rings. The van der Waals surface area contributed by atoms with E-state index in [0.29, 0.717) is 0 Å². The molecule has 1 fully saturated rings. The predicted molar refractivity (Wildman–Crippen MR) is 58.4 cm³/mol. The third-order valence-electron chi connectivity index (χ3n) is 2.92. The summed E-state index contributed by atoms with van der Waals surface area (Å²) in [5.74, 6) is 0. The first-order valence-electron chi connectivity index (χ1n) is 4.96. The van der Waals surface area contributed by atoms with Gasteiger partial charge in [-0.3, -0.25) is 4.98 Å². The summed E-state index contributed by atoms with van der Waals surface area (Å²) in [4.78, 5) is 5.29. The minimum absolute atomic E-state index is 0.598. The summed E-state index contributed by atoms with van der Waals surface area (Å²) < 4.78 is 0. The largest absolute Gasteiger partial charge is 0.385 e. The van der Waals surface area contributed by atoms with E-state index in [4.69, 9.17) is 0 Å². The lowest BCUT2D eigenvalue weighted by atomic mass is 9.94. The second-order valence-corrected chi connectivity index (χ2v) is 4.73. The van der Waals surface area contributed by atoms with Gasteiger partial charge in [-0.25, -0.2) is 0 Å². The highest BCUT2D eigenvalue weighted by molar-refractivity contribution is 7.98. The van der Waals surface area contributed by atoms with Crippen LogP contribution in [0.5, 0.6) is 0 Å². The van der Waals surface area contributed by atoms with Gasteiger partial charge in [0.1, 0.15) is 0 Å². The molecular weight excluding hydrogens is 194 g/mol. The summed E-state index contributed by atoms with van der Waals surface area (Å²) in [5, 5.41) is 10.3. The van der Waals surface area contributed by atoms with Crippen LogP contribution in [0.1, 0.15) is 31.2 Å². The van der Waals surface area contributed by atoms with Crippen LogP contribution in [-0.2, 0) is 5.60 Å². The maximum Gasteiger partial charge on any atom is 0.0911 e. The molecule has 2 nitrogen and oxygen atoms in total. The van der Waals surface area contributed by atoms with Gasteiger partial charge in [0.15, 0.2) is 0 Å². The van der Waals surface area contributed by atoms with Gasteiger partial charge in [0.25, 0.3) is 0 Å². The molecule has 0 aliphatic heterocycles. The second kappa shape index (κ2) is 3.91. The van der Waals surface area contributed by atoms with E-state index in [2.05, 4.69) is 11.1 Å². The van der Waals surface area contributed by atoms with Crippen LogP contribution in [0.25, 0.3) is 0 Å².